The summed E-state index contributed by atoms with van der Waals surface area (Å²) >= 11 is 0. The van der Waals surface area contributed by atoms with E-state index in [2.05, 4.69) is 40.3 Å². The van der Waals surface area contributed by atoms with E-state index in [1.54, 1.807) is 0 Å². The molecule has 28 heavy (non-hydrogen) atoms. The van der Waals surface area contributed by atoms with E-state index < -0.39 is 11.6 Å². The number of benzene rings is 1. The minimum atomic E-state index is -0.999. The van der Waals surface area contributed by atoms with E-state index in [0.717, 1.165) is 0 Å². The Labute approximate surface area is 155 Å². The van der Waals surface area contributed by atoms with Crippen LogP contribution in [0, 0.1) is 11.6 Å². The minimum Gasteiger partial charge on any atom is -0.242 e. The van der Waals surface area contributed by atoms with Crippen LogP contribution in [0.15, 0.2) is 49.1 Å². The van der Waals surface area contributed by atoms with Gasteiger partial charge in [0.05, 0.1) is 12.4 Å². The first-order chi connectivity index (χ1) is 13.7. The highest BCUT2D eigenvalue weighted by atomic mass is 19.2. The van der Waals surface area contributed by atoms with Crippen LogP contribution >= 0.6 is 0 Å². The summed E-state index contributed by atoms with van der Waals surface area (Å²) < 4.78 is 29.1. The fourth-order valence-corrected chi connectivity index (χ4v) is 2.85. The van der Waals surface area contributed by atoms with Crippen molar-refractivity contribution in [3.8, 4) is 23.0 Å². The molecule has 0 saturated carbocycles. The van der Waals surface area contributed by atoms with Gasteiger partial charge in [0, 0.05) is 23.2 Å². The third-order valence-electron chi connectivity index (χ3n) is 4.10. The van der Waals surface area contributed by atoms with Crippen LogP contribution in [-0.2, 0) is 0 Å². The van der Waals surface area contributed by atoms with Crippen LogP contribution in [0.1, 0.15) is 0 Å². The van der Waals surface area contributed by atoms with E-state index in [4.69, 9.17) is 0 Å². The fraction of sp³-hybridized carbons (Fsp3) is 0. The van der Waals surface area contributed by atoms with Gasteiger partial charge >= 0.3 is 0 Å². The zero-order valence-corrected chi connectivity index (χ0v) is 14.0. The Morgan fingerprint density at radius 3 is 1.43 bits per heavy atom. The van der Waals surface area contributed by atoms with E-state index in [0.29, 0.717) is 11.4 Å². The van der Waals surface area contributed by atoms with Crippen molar-refractivity contribution in [2.45, 2.75) is 0 Å². The quantitative estimate of drug-likeness (QED) is 0.435. The van der Waals surface area contributed by atoms with Gasteiger partial charge in [0.15, 0.2) is 23.3 Å². The van der Waals surface area contributed by atoms with Crippen LogP contribution in [-0.4, -0.2) is 40.3 Å². The summed E-state index contributed by atoms with van der Waals surface area (Å²) in [5, 5.41) is 15.3. The molecule has 0 aliphatic carbocycles. The molecule has 8 nitrogen and oxygen atoms in total. The minimum absolute atomic E-state index is 0.00519. The number of aromatic nitrogens is 8. The maximum Gasteiger partial charge on any atom is 0.200 e. The lowest BCUT2D eigenvalue weighted by atomic mass is 10.1. The molecule has 0 amide bonds. The van der Waals surface area contributed by atoms with Crippen molar-refractivity contribution in [3.05, 3.63) is 60.7 Å². The number of hydrogen-bond acceptors (Lipinski definition) is 8. The Morgan fingerprint density at radius 2 is 1.04 bits per heavy atom. The van der Waals surface area contributed by atoms with Crippen molar-refractivity contribution in [2.24, 2.45) is 0 Å². The first-order valence-corrected chi connectivity index (χ1v) is 8.09. The van der Waals surface area contributed by atoms with E-state index in [1.165, 1.54) is 49.1 Å². The molecule has 0 unspecified atom stereocenters. The zero-order valence-electron chi connectivity index (χ0n) is 14.0. The molecule has 0 N–H and O–H groups in total. The van der Waals surface area contributed by atoms with E-state index >= 15 is 0 Å². The van der Waals surface area contributed by atoms with Crippen molar-refractivity contribution >= 4 is 21.8 Å². The van der Waals surface area contributed by atoms with Crippen LogP contribution in [0.5, 0.6) is 0 Å². The number of hydrogen-bond donors (Lipinski definition) is 0. The van der Waals surface area contributed by atoms with Gasteiger partial charge in [-0.2, -0.15) is 10.2 Å². The molecule has 0 radical (unpaired) electrons. The summed E-state index contributed by atoms with van der Waals surface area (Å²) in [4.78, 5) is 17.0. The first-order valence-electron chi connectivity index (χ1n) is 8.09. The Hall–Kier alpha value is -4.08. The molecule has 1 aromatic carbocycles. The first kappa shape index (κ1) is 16.1. The van der Waals surface area contributed by atoms with Crippen LogP contribution in [0.3, 0.4) is 0 Å². The lowest BCUT2D eigenvalue weighted by Gasteiger charge is -2.08. The van der Waals surface area contributed by atoms with Gasteiger partial charge in [-0.25, -0.2) is 28.7 Å². The van der Waals surface area contributed by atoms with E-state index in [-0.39, 0.29) is 33.5 Å². The average Bonchev–Trinajstić information content (AvgIpc) is 2.78. The van der Waals surface area contributed by atoms with Crippen molar-refractivity contribution < 1.29 is 8.78 Å². The third-order valence-corrected chi connectivity index (χ3v) is 4.10. The third kappa shape index (κ3) is 2.50. The van der Waals surface area contributed by atoms with Gasteiger partial charge in [-0.15, -0.1) is 10.2 Å². The number of fused-ring (bicyclic) bond motifs is 3. The summed E-state index contributed by atoms with van der Waals surface area (Å²) in [6, 6.07) is 5.84. The average molecular weight is 374 g/mol. The summed E-state index contributed by atoms with van der Waals surface area (Å²) in [5.74, 6) is -1.48. The molecule has 0 aliphatic rings. The second-order valence-electron chi connectivity index (χ2n) is 5.75. The van der Waals surface area contributed by atoms with Crippen LogP contribution in [0.2, 0.25) is 0 Å². The maximum absolute atomic E-state index is 14.6. The van der Waals surface area contributed by atoms with Gasteiger partial charge < -0.3 is 0 Å². The molecule has 0 atom stereocenters. The van der Waals surface area contributed by atoms with Crippen molar-refractivity contribution in [1.29, 1.82) is 0 Å². The highest BCUT2D eigenvalue weighted by molar-refractivity contribution is 6.04. The largest absolute Gasteiger partial charge is 0.242 e. The maximum atomic E-state index is 14.6. The molecule has 5 aromatic rings. The van der Waals surface area contributed by atoms with Crippen LogP contribution in [0.4, 0.5) is 8.78 Å². The highest BCUT2D eigenvalue weighted by Gasteiger charge is 2.19. The topological polar surface area (TPSA) is 103 Å². The van der Waals surface area contributed by atoms with E-state index in [1.807, 2.05) is 0 Å². The van der Waals surface area contributed by atoms with Gasteiger partial charge in [-0.05, 0) is 24.3 Å². The van der Waals surface area contributed by atoms with Gasteiger partial charge in [0.1, 0.15) is 22.4 Å². The molecule has 0 spiro atoms. The van der Waals surface area contributed by atoms with Gasteiger partial charge in [-0.1, -0.05) is 0 Å². The molecule has 4 heterocycles. The van der Waals surface area contributed by atoms with E-state index in [9.17, 15) is 8.78 Å². The zero-order chi connectivity index (χ0) is 19.1. The lowest BCUT2D eigenvalue weighted by molar-refractivity contribution is 0.525. The van der Waals surface area contributed by atoms with Crippen molar-refractivity contribution in [3.63, 3.8) is 0 Å². The molecule has 4 aromatic heterocycles. The second-order valence-corrected chi connectivity index (χ2v) is 5.75. The monoisotopic (exact) mass is 374 g/mol. The Balaban J connectivity index is 1.84. The molecular formula is C18H8F2N8. The van der Waals surface area contributed by atoms with Crippen LogP contribution < -0.4 is 0 Å². The second kappa shape index (κ2) is 6.27. The Bertz CT molecular complexity index is 1230. The molecule has 134 valence electrons. The van der Waals surface area contributed by atoms with Crippen molar-refractivity contribution in [1.82, 2.24) is 40.3 Å². The summed E-state index contributed by atoms with van der Waals surface area (Å²) in [5.41, 5.74) is 1.06. The summed E-state index contributed by atoms with van der Waals surface area (Å²) in [7, 11) is 0. The SMILES string of the molecule is Fc1c(F)c2ccc(-c3nccnn3)nc2c2nc(-c3nccnn3)ccc12. The molecule has 10 heteroatoms. The van der Waals surface area contributed by atoms with Gasteiger partial charge in [0.2, 0.25) is 0 Å². The van der Waals surface area contributed by atoms with Gasteiger partial charge in [0.25, 0.3) is 0 Å². The summed E-state index contributed by atoms with van der Waals surface area (Å²) in [6.45, 7) is 0. The van der Waals surface area contributed by atoms with Crippen LogP contribution in [0.25, 0.3) is 44.8 Å². The molecule has 0 bridgehead atoms. The fourth-order valence-electron chi connectivity index (χ4n) is 2.85. The Morgan fingerprint density at radius 1 is 0.571 bits per heavy atom. The molecule has 0 fully saturated rings. The van der Waals surface area contributed by atoms with Gasteiger partial charge in [-0.3, -0.25) is 0 Å². The molecule has 0 aliphatic heterocycles. The summed E-state index contributed by atoms with van der Waals surface area (Å²) in [6.07, 6.45) is 5.79. The number of nitrogens with zero attached hydrogens (tertiary/aromatic N) is 8. The standard InChI is InChI=1S/C18H8F2N8/c19-13-9-1-3-11(17-21-5-7-23-27-17)25-15(9)16-10(14(13)20)2-4-12(26-16)18-22-6-8-24-28-18/h1-8H. The number of halogens is 2. The predicted molar refractivity (Wildman–Crippen MR) is 94.6 cm³/mol. The molecule has 0 saturated heterocycles. The normalized spacial score (nSPS) is 11.2. The highest BCUT2D eigenvalue weighted by Crippen LogP contribution is 2.31. The number of pyridine rings is 2. The lowest BCUT2D eigenvalue weighted by Crippen LogP contribution is -1.99. The Kier molecular flexibility index (Phi) is 3.61. The molecule has 5 rings (SSSR count). The smallest absolute Gasteiger partial charge is 0.200 e. The number of rotatable bonds is 2. The predicted octanol–water partition coefficient (Wildman–Crippen LogP) is 2.77. The van der Waals surface area contributed by atoms with Crippen molar-refractivity contribution in [2.75, 3.05) is 0 Å². The molecular weight excluding hydrogens is 366 g/mol.